The first-order chi connectivity index (χ1) is 9.78. The molecule has 0 radical (unpaired) electrons. The summed E-state index contributed by atoms with van der Waals surface area (Å²) in [6.07, 6.45) is 5.48. The van der Waals surface area contributed by atoms with Gasteiger partial charge in [-0.05, 0) is 44.5 Å². The average molecular weight is 277 g/mol. The molecule has 1 amide bonds. The summed E-state index contributed by atoms with van der Waals surface area (Å²) in [5.74, 6) is 0.0961. The molecule has 1 N–H and O–H groups in total. The highest BCUT2D eigenvalue weighted by Crippen LogP contribution is 2.24. The number of aromatic amines is 1. The topological polar surface area (TPSA) is 48.6 Å². The number of rotatable bonds is 4. The molecule has 1 aromatic rings. The number of hydrogen-bond donors (Lipinski definition) is 1. The highest BCUT2D eigenvalue weighted by molar-refractivity contribution is 5.92. The van der Waals surface area contributed by atoms with E-state index in [-0.39, 0.29) is 18.1 Å². The molecule has 3 heterocycles. The third kappa shape index (κ3) is 2.74. The van der Waals surface area contributed by atoms with Gasteiger partial charge in [-0.15, -0.1) is 0 Å². The van der Waals surface area contributed by atoms with E-state index in [1.54, 1.807) is 13.3 Å². The second-order valence-electron chi connectivity index (χ2n) is 5.80. The van der Waals surface area contributed by atoms with Gasteiger partial charge in [-0.1, -0.05) is 0 Å². The van der Waals surface area contributed by atoms with Gasteiger partial charge in [-0.3, -0.25) is 4.79 Å². The summed E-state index contributed by atoms with van der Waals surface area (Å²) < 4.78 is 5.48. The first kappa shape index (κ1) is 13.6. The summed E-state index contributed by atoms with van der Waals surface area (Å²) in [5.41, 5.74) is 0.674. The number of carbonyl (C=O) groups is 1. The molecule has 2 saturated heterocycles. The van der Waals surface area contributed by atoms with Gasteiger partial charge in [0.05, 0.1) is 6.10 Å². The Balaban J connectivity index is 1.70. The number of carbonyl (C=O) groups excluding carboxylic acids is 1. The predicted molar refractivity (Wildman–Crippen MR) is 76.7 cm³/mol. The Bertz CT molecular complexity index is 440. The van der Waals surface area contributed by atoms with Crippen LogP contribution in [0.2, 0.25) is 0 Å². The minimum Gasteiger partial charge on any atom is -0.380 e. The number of methoxy groups -OCH3 is 1. The third-order valence-corrected chi connectivity index (χ3v) is 4.47. The van der Waals surface area contributed by atoms with E-state index < -0.39 is 0 Å². The molecule has 2 aliphatic heterocycles. The molecule has 2 fully saturated rings. The van der Waals surface area contributed by atoms with Crippen molar-refractivity contribution in [1.82, 2.24) is 14.8 Å². The Morgan fingerprint density at radius 3 is 2.90 bits per heavy atom. The van der Waals surface area contributed by atoms with Crippen LogP contribution in [0.4, 0.5) is 0 Å². The smallest absolute Gasteiger partial charge is 0.270 e. The van der Waals surface area contributed by atoms with Crippen molar-refractivity contribution in [2.45, 2.75) is 31.4 Å². The highest BCUT2D eigenvalue weighted by Gasteiger charge is 2.37. The predicted octanol–water partition coefficient (Wildman–Crippen LogP) is 1.34. The van der Waals surface area contributed by atoms with Crippen molar-refractivity contribution in [1.29, 1.82) is 0 Å². The molecule has 0 spiro atoms. The van der Waals surface area contributed by atoms with Gasteiger partial charge in [0.25, 0.3) is 5.91 Å². The van der Waals surface area contributed by atoms with E-state index in [9.17, 15) is 4.79 Å². The Labute approximate surface area is 119 Å². The molecule has 0 saturated carbocycles. The maximum atomic E-state index is 12.6. The Hall–Kier alpha value is -1.33. The van der Waals surface area contributed by atoms with E-state index in [4.69, 9.17) is 4.74 Å². The van der Waals surface area contributed by atoms with Gasteiger partial charge in [0, 0.05) is 32.4 Å². The molecule has 0 aliphatic carbocycles. The van der Waals surface area contributed by atoms with Crippen LogP contribution in [-0.2, 0) is 4.74 Å². The Morgan fingerprint density at radius 1 is 1.45 bits per heavy atom. The molecular weight excluding hydrogens is 254 g/mol. The van der Waals surface area contributed by atoms with Crippen LogP contribution >= 0.6 is 0 Å². The number of ether oxygens (including phenoxy) is 1. The number of amides is 1. The lowest BCUT2D eigenvalue weighted by Crippen LogP contribution is -2.42. The van der Waals surface area contributed by atoms with Crippen LogP contribution in [0, 0.1) is 0 Å². The molecule has 3 rings (SSSR count). The SMILES string of the molecule is CO[C@H]1C[C@@H](CN2CCCC2)N(C(=O)c2ccc[nH]2)C1. The molecule has 5 nitrogen and oxygen atoms in total. The zero-order chi connectivity index (χ0) is 13.9. The second kappa shape index (κ2) is 5.97. The summed E-state index contributed by atoms with van der Waals surface area (Å²) in [6, 6.07) is 3.98. The summed E-state index contributed by atoms with van der Waals surface area (Å²) in [5, 5.41) is 0. The molecule has 1 aromatic heterocycles. The molecule has 5 heteroatoms. The van der Waals surface area contributed by atoms with Gasteiger partial charge in [0.1, 0.15) is 5.69 Å². The van der Waals surface area contributed by atoms with Gasteiger partial charge in [0.2, 0.25) is 0 Å². The summed E-state index contributed by atoms with van der Waals surface area (Å²) in [7, 11) is 1.74. The van der Waals surface area contributed by atoms with Crippen LogP contribution in [0.5, 0.6) is 0 Å². The zero-order valence-electron chi connectivity index (χ0n) is 12.0. The monoisotopic (exact) mass is 277 g/mol. The second-order valence-corrected chi connectivity index (χ2v) is 5.80. The lowest BCUT2D eigenvalue weighted by molar-refractivity contribution is 0.0665. The van der Waals surface area contributed by atoms with Crippen molar-refractivity contribution in [3.63, 3.8) is 0 Å². The van der Waals surface area contributed by atoms with Crippen molar-refractivity contribution in [2.75, 3.05) is 33.3 Å². The van der Waals surface area contributed by atoms with E-state index in [1.165, 1.54) is 25.9 Å². The van der Waals surface area contributed by atoms with Crippen LogP contribution in [0.1, 0.15) is 29.8 Å². The van der Waals surface area contributed by atoms with Gasteiger partial charge in [-0.2, -0.15) is 0 Å². The number of nitrogens with zero attached hydrogens (tertiary/aromatic N) is 2. The lowest BCUT2D eigenvalue weighted by atomic mass is 10.2. The van der Waals surface area contributed by atoms with E-state index in [2.05, 4.69) is 9.88 Å². The molecule has 2 aliphatic rings. The summed E-state index contributed by atoms with van der Waals surface area (Å²) in [6.45, 7) is 4.01. The summed E-state index contributed by atoms with van der Waals surface area (Å²) in [4.78, 5) is 20.0. The van der Waals surface area contributed by atoms with Gasteiger partial charge >= 0.3 is 0 Å². The van der Waals surface area contributed by atoms with E-state index in [1.807, 2.05) is 17.0 Å². The summed E-state index contributed by atoms with van der Waals surface area (Å²) >= 11 is 0. The normalized spacial score (nSPS) is 27.4. The number of hydrogen-bond acceptors (Lipinski definition) is 3. The van der Waals surface area contributed by atoms with Gasteiger partial charge in [0.15, 0.2) is 0 Å². The quantitative estimate of drug-likeness (QED) is 0.903. The molecule has 2 atom stereocenters. The van der Waals surface area contributed by atoms with Crippen LogP contribution in [-0.4, -0.2) is 66.1 Å². The van der Waals surface area contributed by atoms with Gasteiger partial charge in [-0.25, -0.2) is 0 Å². The maximum absolute atomic E-state index is 12.6. The number of nitrogens with one attached hydrogen (secondary N) is 1. The zero-order valence-corrected chi connectivity index (χ0v) is 12.0. The van der Waals surface area contributed by atoms with Crippen LogP contribution in [0.15, 0.2) is 18.3 Å². The van der Waals surface area contributed by atoms with Crippen LogP contribution in [0.3, 0.4) is 0 Å². The van der Waals surface area contributed by atoms with Crippen molar-refractivity contribution < 1.29 is 9.53 Å². The van der Waals surface area contributed by atoms with Crippen molar-refractivity contribution in [2.24, 2.45) is 0 Å². The van der Waals surface area contributed by atoms with Crippen molar-refractivity contribution in [3.8, 4) is 0 Å². The number of likely N-dealkylation sites (tertiary alicyclic amines) is 2. The molecule has 110 valence electrons. The Kier molecular flexibility index (Phi) is 4.08. The first-order valence-electron chi connectivity index (χ1n) is 7.47. The standard InChI is InChI=1S/C15H23N3O2/c1-20-13-9-12(10-17-7-2-3-8-17)18(11-13)15(19)14-5-4-6-16-14/h4-6,12-13,16H,2-3,7-11H2,1H3/t12-,13-/m0/s1. The molecule has 0 bridgehead atoms. The fraction of sp³-hybridized carbons (Fsp3) is 0.667. The molecule has 0 unspecified atom stereocenters. The number of aromatic nitrogens is 1. The van der Waals surface area contributed by atoms with Crippen molar-refractivity contribution in [3.05, 3.63) is 24.0 Å². The van der Waals surface area contributed by atoms with Crippen LogP contribution in [0.25, 0.3) is 0 Å². The molecule has 0 aromatic carbocycles. The maximum Gasteiger partial charge on any atom is 0.270 e. The average Bonchev–Trinajstić information content (AvgIpc) is 3.20. The van der Waals surface area contributed by atoms with E-state index >= 15 is 0 Å². The van der Waals surface area contributed by atoms with E-state index in [0.717, 1.165) is 13.0 Å². The van der Waals surface area contributed by atoms with E-state index in [0.29, 0.717) is 12.2 Å². The van der Waals surface area contributed by atoms with Gasteiger partial charge < -0.3 is 19.5 Å². The molecule has 20 heavy (non-hydrogen) atoms. The minimum absolute atomic E-state index is 0.0961. The minimum atomic E-state index is 0.0961. The first-order valence-corrected chi connectivity index (χ1v) is 7.47. The largest absolute Gasteiger partial charge is 0.380 e. The lowest BCUT2D eigenvalue weighted by Gasteiger charge is -2.27. The van der Waals surface area contributed by atoms with Crippen molar-refractivity contribution >= 4 is 5.91 Å². The molecular formula is C15H23N3O2. The highest BCUT2D eigenvalue weighted by atomic mass is 16.5. The third-order valence-electron chi connectivity index (χ3n) is 4.47. The Morgan fingerprint density at radius 2 is 2.25 bits per heavy atom. The fourth-order valence-corrected chi connectivity index (χ4v) is 3.35. The number of H-pyrrole nitrogens is 1. The van der Waals surface area contributed by atoms with Crippen LogP contribution < -0.4 is 0 Å². The fourth-order valence-electron chi connectivity index (χ4n) is 3.35.